The van der Waals surface area contributed by atoms with Crippen LogP contribution in [0.1, 0.15) is 36.9 Å². The predicted octanol–water partition coefficient (Wildman–Crippen LogP) is 1.83. The van der Waals surface area contributed by atoms with Crippen molar-refractivity contribution in [3.05, 3.63) is 29.6 Å². The highest BCUT2D eigenvalue weighted by Gasteiger charge is 2.31. The van der Waals surface area contributed by atoms with Crippen molar-refractivity contribution < 1.29 is 9.53 Å². The molecule has 0 bridgehead atoms. The summed E-state index contributed by atoms with van der Waals surface area (Å²) in [4.78, 5) is 22.0. The van der Waals surface area contributed by atoms with E-state index in [1.807, 2.05) is 12.3 Å². The fraction of sp³-hybridized carbons (Fsp3) is 0.714. The number of nitrogens with zero attached hydrogens (tertiary/aromatic N) is 3. The molecule has 2 saturated heterocycles. The standard InChI is InChI=1S/C21H34N4O2/c1-17-5-3-9-22-20(17)16-24-12-7-19(8-13-24)25-11-4-6-18(15-25)21(26)23-10-14-27-2/h3,5,9,18-19H,4,6-8,10-16H2,1-2H3,(H,23,26)/t18-/m1/s1. The SMILES string of the molecule is COCCNC(=O)[C@@H]1CCCN(C2CCN(Cc3ncccc3C)CC2)C1. The van der Waals surface area contributed by atoms with Crippen molar-refractivity contribution in [2.24, 2.45) is 5.92 Å². The molecule has 2 fully saturated rings. The minimum atomic E-state index is 0.129. The quantitative estimate of drug-likeness (QED) is 0.738. The van der Waals surface area contributed by atoms with E-state index in [2.05, 4.69) is 33.1 Å². The van der Waals surface area contributed by atoms with Crippen LogP contribution >= 0.6 is 0 Å². The molecule has 0 unspecified atom stereocenters. The first-order valence-corrected chi connectivity index (χ1v) is 10.3. The van der Waals surface area contributed by atoms with Gasteiger partial charge in [0.1, 0.15) is 0 Å². The van der Waals surface area contributed by atoms with Crippen LogP contribution in [0.15, 0.2) is 18.3 Å². The lowest BCUT2D eigenvalue weighted by Crippen LogP contribution is -2.50. The van der Waals surface area contributed by atoms with Crippen LogP contribution in [0.2, 0.25) is 0 Å². The third-order valence-electron chi connectivity index (χ3n) is 5.99. The van der Waals surface area contributed by atoms with Crippen molar-refractivity contribution in [3.63, 3.8) is 0 Å². The zero-order valence-corrected chi connectivity index (χ0v) is 16.8. The Hall–Kier alpha value is -1.50. The second-order valence-corrected chi connectivity index (χ2v) is 7.89. The molecule has 1 atom stereocenters. The molecule has 0 spiro atoms. The molecule has 0 aromatic carbocycles. The maximum atomic E-state index is 12.4. The second-order valence-electron chi connectivity index (χ2n) is 7.89. The van der Waals surface area contributed by atoms with Crippen LogP contribution in [0.4, 0.5) is 0 Å². The number of pyridine rings is 1. The molecule has 1 N–H and O–H groups in total. The average molecular weight is 375 g/mol. The first kappa shape index (κ1) is 20.2. The lowest BCUT2D eigenvalue weighted by Gasteiger charge is -2.42. The third-order valence-corrected chi connectivity index (χ3v) is 5.99. The maximum absolute atomic E-state index is 12.4. The summed E-state index contributed by atoms with van der Waals surface area (Å²) in [6, 6.07) is 4.75. The van der Waals surface area contributed by atoms with E-state index in [9.17, 15) is 4.79 Å². The van der Waals surface area contributed by atoms with Gasteiger partial charge in [0.05, 0.1) is 18.2 Å². The van der Waals surface area contributed by atoms with Crippen molar-refractivity contribution >= 4 is 5.91 Å². The number of aryl methyl sites for hydroxylation is 1. The Bertz CT molecular complexity index is 602. The smallest absolute Gasteiger partial charge is 0.224 e. The normalized spacial score (nSPS) is 22.7. The van der Waals surface area contributed by atoms with Crippen molar-refractivity contribution in [1.29, 1.82) is 0 Å². The van der Waals surface area contributed by atoms with E-state index in [1.54, 1.807) is 7.11 Å². The van der Waals surface area contributed by atoms with Gasteiger partial charge in [0.2, 0.25) is 5.91 Å². The summed E-state index contributed by atoms with van der Waals surface area (Å²) in [5, 5.41) is 3.01. The largest absolute Gasteiger partial charge is 0.383 e. The van der Waals surface area contributed by atoms with Gasteiger partial charge in [0.25, 0.3) is 0 Å². The molecule has 3 rings (SSSR count). The molecule has 1 aromatic rings. The van der Waals surface area contributed by atoms with Gasteiger partial charge in [-0.1, -0.05) is 6.07 Å². The second kappa shape index (κ2) is 10.2. The van der Waals surface area contributed by atoms with Gasteiger partial charge in [-0.25, -0.2) is 0 Å². The van der Waals surface area contributed by atoms with Crippen molar-refractivity contribution in [2.45, 2.75) is 45.2 Å². The molecule has 6 nitrogen and oxygen atoms in total. The Labute approximate surface area is 163 Å². The lowest BCUT2D eigenvalue weighted by atomic mass is 9.93. The highest BCUT2D eigenvalue weighted by atomic mass is 16.5. The molecule has 27 heavy (non-hydrogen) atoms. The minimum Gasteiger partial charge on any atom is -0.383 e. The van der Waals surface area contributed by atoms with Crippen LogP contribution in [-0.4, -0.2) is 73.2 Å². The van der Waals surface area contributed by atoms with E-state index in [0.29, 0.717) is 19.2 Å². The first-order chi connectivity index (χ1) is 13.2. The van der Waals surface area contributed by atoms with Crippen LogP contribution in [0.3, 0.4) is 0 Å². The number of hydrogen-bond acceptors (Lipinski definition) is 5. The van der Waals surface area contributed by atoms with E-state index in [-0.39, 0.29) is 11.8 Å². The fourth-order valence-corrected chi connectivity index (χ4v) is 4.31. The van der Waals surface area contributed by atoms with Gasteiger partial charge in [-0.15, -0.1) is 0 Å². The highest BCUT2D eigenvalue weighted by Crippen LogP contribution is 2.24. The number of amides is 1. The van der Waals surface area contributed by atoms with Gasteiger partial charge in [-0.2, -0.15) is 0 Å². The molecule has 2 aliphatic rings. The Morgan fingerprint density at radius 3 is 2.85 bits per heavy atom. The molecule has 0 radical (unpaired) electrons. The molecule has 6 heteroatoms. The Morgan fingerprint density at radius 2 is 2.11 bits per heavy atom. The molecule has 1 amide bonds. The number of rotatable bonds is 7. The fourth-order valence-electron chi connectivity index (χ4n) is 4.31. The zero-order valence-electron chi connectivity index (χ0n) is 16.8. The molecular weight excluding hydrogens is 340 g/mol. The van der Waals surface area contributed by atoms with E-state index >= 15 is 0 Å². The number of ether oxygens (including phenoxy) is 1. The Kier molecular flexibility index (Phi) is 7.61. The number of carbonyl (C=O) groups excluding carboxylic acids is 1. The molecule has 2 aliphatic heterocycles. The van der Waals surface area contributed by atoms with Crippen LogP contribution in [-0.2, 0) is 16.1 Å². The Morgan fingerprint density at radius 1 is 1.30 bits per heavy atom. The van der Waals surface area contributed by atoms with E-state index in [1.165, 1.54) is 24.1 Å². The molecule has 1 aromatic heterocycles. The van der Waals surface area contributed by atoms with Gasteiger partial charge in [-0.3, -0.25) is 19.6 Å². The number of hydrogen-bond donors (Lipinski definition) is 1. The number of aromatic nitrogens is 1. The number of carbonyl (C=O) groups is 1. The lowest BCUT2D eigenvalue weighted by molar-refractivity contribution is -0.127. The Balaban J connectivity index is 1.45. The third kappa shape index (κ3) is 5.74. The number of methoxy groups -OCH3 is 1. The van der Waals surface area contributed by atoms with Crippen LogP contribution in [0.25, 0.3) is 0 Å². The van der Waals surface area contributed by atoms with E-state index in [4.69, 9.17) is 4.74 Å². The van der Waals surface area contributed by atoms with Crippen LogP contribution in [0, 0.1) is 12.8 Å². The van der Waals surface area contributed by atoms with E-state index < -0.39 is 0 Å². The van der Waals surface area contributed by atoms with E-state index in [0.717, 1.165) is 45.6 Å². The van der Waals surface area contributed by atoms with Crippen LogP contribution < -0.4 is 5.32 Å². The summed E-state index contributed by atoms with van der Waals surface area (Å²) >= 11 is 0. The summed E-state index contributed by atoms with van der Waals surface area (Å²) < 4.78 is 5.02. The van der Waals surface area contributed by atoms with Gasteiger partial charge >= 0.3 is 0 Å². The number of nitrogens with one attached hydrogen (secondary N) is 1. The average Bonchev–Trinajstić information content (AvgIpc) is 2.70. The summed E-state index contributed by atoms with van der Waals surface area (Å²) in [6.07, 6.45) is 6.39. The molecule has 150 valence electrons. The number of likely N-dealkylation sites (tertiary alicyclic amines) is 2. The van der Waals surface area contributed by atoms with Gasteiger partial charge in [0, 0.05) is 52.1 Å². The topological polar surface area (TPSA) is 57.7 Å². The zero-order chi connectivity index (χ0) is 19.1. The highest BCUT2D eigenvalue weighted by molar-refractivity contribution is 5.78. The minimum absolute atomic E-state index is 0.129. The van der Waals surface area contributed by atoms with Crippen molar-refractivity contribution in [3.8, 4) is 0 Å². The van der Waals surface area contributed by atoms with Gasteiger partial charge in [0.15, 0.2) is 0 Å². The van der Waals surface area contributed by atoms with Gasteiger partial charge in [-0.05, 0) is 50.8 Å². The maximum Gasteiger partial charge on any atom is 0.224 e. The first-order valence-electron chi connectivity index (χ1n) is 10.3. The van der Waals surface area contributed by atoms with Crippen LogP contribution in [0.5, 0.6) is 0 Å². The van der Waals surface area contributed by atoms with Gasteiger partial charge < -0.3 is 10.1 Å². The molecule has 0 aliphatic carbocycles. The molecule has 0 saturated carbocycles. The summed E-state index contributed by atoms with van der Waals surface area (Å²) in [5.74, 6) is 0.324. The summed E-state index contributed by atoms with van der Waals surface area (Å²) in [7, 11) is 1.66. The predicted molar refractivity (Wildman–Crippen MR) is 106 cm³/mol. The molecular formula is C21H34N4O2. The van der Waals surface area contributed by atoms with Crippen molar-refractivity contribution in [2.75, 3.05) is 46.4 Å². The van der Waals surface area contributed by atoms with Crippen molar-refractivity contribution in [1.82, 2.24) is 20.1 Å². The summed E-state index contributed by atoms with van der Waals surface area (Å²) in [5.41, 5.74) is 2.47. The summed E-state index contributed by atoms with van der Waals surface area (Å²) in [6.45, 7) is 8.54. The number of piperidine rings is 2. The molecule has 3 heterocycles. The monoisotopic (exact) mass is 374 g/mol.